The maximum atomic E-state index is 12.3. The Morgan fingerprint density at radius 2 is 2.04 bits per heavy atom. The number of thioether (sulfide) groups is 1. The third-order valence-corrected chi connectivity index (χ3v) is 5.11. The Labute approximate surface area is 160 Å². The van der Waals surface area contributed by atoms with Crippen LogP contribution in [-0.2, 0) is 13.7 Å². The van der Waals surface area contributed by atoms with E-state index in [9.17, 15) is 4.79 Å². The van der Waals surface area contributed by atoms with Crippen molar-refractivity contribution in [2.24, 2.45) is 7.05 Å². The lowest BCUT2D eigenvalue weighted by atomic mass is 10.2. The normalized spacial score (nSPS) is 10.9. The number of halogens is 1. The molecule has 0 unspecified atom stereocenters. The van der Waals surface area contributed by atoms with E-state index in [1.807, 2.05) is 43.3 Å². The molecule has 0 fully saturated rings. The van der Waals surface area contributed by atoms with Crippen LogP contribution in [0.3, 0.4) is 0 Å². The summed E-state index contributed by atoms with van der Waals surface area (Å²) in [5.41, 5.74) is 2.29. The highest BCUT2D eigenvalue weighted by Gasteiger charge is 2.16. The lowest BCUT2D eigenvalue weighted by Gasteiger charge is -2.15. The molecule has 1 heterocycles. The van der Waals surface area contributed by atoms with E-state index >= 15 is 0 Å². The molecule has 3 rings (SSSR count). The maximum absolute atomic E-state index is 12.3. The zero-order valence-electron chi connectivity index (χ0n) is 14.8. The molecule has 0 saturated heterocycles. The van der Waals surface area contributed by atoms with Crippen LogP contribution in [0.5, 0.6) is 5.75 Å². The summed E-state index contributed by atoms with van der Waals surface area (Å²) in [6.07, 6.45) is 0. The lowest BCUT2D eigenvalue weighted by molar-refractivity contribution is 0.302. The Morgan fingerprint density at radius 1 is 1.23 bits per heavy atom. The van der Waals surface area contributed by atoms with Gasteiger partial charge in [0.1, 0.15) is 12.4 Å². The van der Waals surface area contributed by atoms with Gasteiger partial charge in [-0.05, 0) is 52.9 Å². The van der Waals surface area contributed by atoms with Gasteiger partial charge in [-0.1, -0.05) is 30.7 Å². The van der Waals surface area contributed by atoms with Gasteiger partial charge in [0.15, 0.2) is 0 Å². The van der Waals surface area contributed by atoms with E-state index in [1.54, 1.807) is 18.8 Å². The highest BCUT2D eigenvalue weighted by molar-refractivity contribution is 7.99. The number of nitrogens with zero attached hydrogens (tertiary/aromatic N) is 4. The molecule has 1 aromatic heterocycles. The largest absolute Gasteiger partial charge is 0.487 e. The molecule has 0 atom stereocenters. The predicted molar refractivity (Wildman–Crippen MR) is 104 cm³/mol. The van der Waals surface area contributed by atoms with Crippen molar-refractivity contribution in [3.05, 3.63) is 63.0 Å². The maximum Gasteiger partial charge on any atom is 0.368 e. The Bertz CT molecular complexity index is 984. The van der Waals surface area contributed by atoms with Crippen LogP contribution in [0, 0.1) is 6.92 Å². The summed E-state index contributed by atoms with van der Waals surface area (Å²) in [5.74, 6) is 1.51. The van der Waals surface area contributed by atoms with Crippen LogP contribution in [0.1, 0.15) is 18.1 Å². The average Bonchev–Trinajstić information content (AvgIpc) is 2.95. The number of tetrazole rings is 1. The van der Waals surface area contributed by atoms with Gasteiger partial charge in [-0.25, -0.2) is 4.79 Å². The van der Waals surface area contributed by atoms with Crippen molar-refractivity contribution in [3.8, 4) is 11.4 Å². The minimum absolute atomic E-state index is 0.269. The Morgan fingerprint density at radius 3 is 2.73 bits per heavy atom. The number of benzene rings is 2. The first-order chi connectivity index (χ1) is 12.5. The van der Waals surface area contributed by atoms with Crippen molar-refractivity contribution in [2.45, 2.75) is 25.3 Å². The summed E-state index contributed by atoms with van der Waals surface area (Å²) in [6, 6.07) is 11.4. The Hall–Kier alpha value is -2.25. The number of hydrogen-bond acceptors (Lipinski definition) is 5. The van der Waals surface area contributed by atoms with Crippen molar-refractivity contribution in [3.63, 3.8) is 0 Å². The average molecular weight is 391 g/mol. The first-order valence-corrected chi connectivity index (χ1v) is 9.50. The zero-order chi connectivity index (χ0) is 18.7. The van der Waals surface area contributed by atoms with E-state index < -0.39 is 0 Å². The van der Waals surface area contributed by atoms with Crippen LogP contribution in [0.2, 0.25) is 5.02 Å². The first-order valence-electron chi connectivity index (χ1n) is 8.14. The zero-order valence-corrected chi connectivity index (χ0v) is 16.3. The van der Waals surface area contributed by atoms with Gasteiger partial charge in [0.2, 0.25) is 0 Å². The first kappa shape index (κ1) is 18.5. The van der Waals surface area contributed by atoms with E-state index in [1.165, 1.54) is 9.36 Å². The van der Waals surface area contributed by atoms with Crippen LogP contribution >= 0.6 is 23.4 Å². The fraction of sp³-hybridized carbons (Fsp3) is 0.278. The van der Waals surface area contributed by atoms with E-state index in [4.69, 9.17) is 16.3 Å². The van der Waals surface area contributed by atoms with Crippen LogP contribution in [0.15, 0.2) is 46.1 Å². The number of aromatic nitrogens is 4. The number of ether oxygens (including phenoxy) is 1. The Kier molecular flexibility index (Phi) is 5.68. The third-order valence-electron chi connectivity index (χ3n) is 3.82. The van der Waals surface area contributed by atoms with Gasteiger partial charge in [-0.15, -0.1) is 11.8 Å². The number of hydrogen-bond donors (Lipinski definition) is 0. The molecule has 0 aliphatic rings. The summed E-state index contributed by atoms with van der Waals surface area (Å²) in [7, 11) is 1.57. The fourth-order valence-electron chi connectivity index (χ4n) is 2.52. The van der Waals surface area contributed by atoms with Crippen molar-refractivity contribution in [1.82, 2.24) is 19.8 Å². The summed E-state index contributed by atoms with van der Waals surface area (Å²) in [6.45, 7) is 4.33. The molecule has 0 aliphatic heterocycles. The van der Waals surface area contributed by atoms with Crippen molar-refractivity contribution < 1.29 is 4.74 Å². The smallest absolute Gasteiger partial charge is 0.368 e. The summed E-state index contributed by atoms with van der Waals surface area (Å²) in [5, 5.41) is 8.31. The third kappa shape index (κ3) is 3.78. The fourth-order valence-corrected chi connectivity index (χ4v) is 3.52. The van der Waals surface area contributed by atoms with Crippen molar-refractivity contribution >= 4 is 23.4 Å². The van der Waals surface area contributed by atoms with Gasteiger partial charge in [0, 0.05) is 17.5 Å². The highest BCUT2D eigenvalue weighted by Crippen LogP contribution is 2.30. The number of aryl methyl sites for hydroxylation is 2. The molecule has 136 valence electrons. The van der Waals surface area contributed by atoms with Crippen LogP contribution in [0.4, 0.5) is 0 Å². The molecule has 0 aliphatic carbocycles. The second-order valence-corrected chi connectivity index (χ2v) is 7.42. The van der Waals surface area contributed by atoms with E-state index in [0.29, 0.717) is 16.5 Å². The molecule has 0 radical (unpaired) electrons. The standard InChI is InChI=1S/C18H19ClN4O2S/c1-4-26-17-7-5-6-15(23-18(24)22(3)20-21-23)13(17)11-25-16-10-12(2)8-9-14(16)19/h5-10H,4,11H2,1-3H3. The van der Waals surface area contributed by atoms with E-state index in [-0.39, 0.29) is 12.3 Å². The molecule has 0 spiro atoms. The van der Waals surface area contributed by atoms with Gasteiger partial charge in [0.05, 0.1) is 10.7 Å². The summed E-state index contributed by atoms with van der Waals surface area (Å²) < 4.78 is 8.47. The van der Waals surface area contributed by atoms with Gasteiger partial charge in [0.25, 0.3) is 0 Å². The molecule has 8 heteroatoms. The molecular formula is C18H19ClN4O2S. The molecular weight excluding hydrogens is 372 g/mol. The van der Waals surface area contributed by atoms with Gasteiger partial charge in [-0.2, -0.15) is 9.36 Å². The summed E-state index contributed by atoms with van der Waals surface area (Å²) in [4.78, 5) is 13.3. The van der Waals surface area contributed by atoms with Gasteiger partial charge >= 0.3 is 5.69 Å². The predicted octanol–water partition coefficient (Wildman–Crippen LogP) is 3.62. The summed E-state index contributed by atoms with van der Waals surface area (Å²) >= 11 is 7.92. The molecule has 6 nitrogen and oxygen atoms in total. The van der Waals surface area contributed by atoms with Crippen LogP contribution in [0.25, 0.3) is 5.69 Å². The minimum Gasteiger partial charge on any atom is -0.487 e. The van der Waals surface area contributed by atoms with Crippen LogP contribution < -0.4 is 10.4 Å². The number of rotatable bonds is 6. The molecule has 26 heavy (non-hydrogen) atoms. The van der Waals surface area contributed by atoms with Crippen molar-refractivity contribution in [2.75, 3.05) is 5.75 Å². The SMILES string of the molecule is CCSc1cccc(-n2nnn(C)c2=O)c1COc1cc(C)ccc1Cl. The Balaban J connectivity index is 2.02. The molecule has 0 N–H and O–H groups in total. The molecule has 3 aromatic rings. The topological polar surface area (TPSA) is 61.9 Å². The van der Waals surface area contributed by atoms with Gasteiger partial charge in [-0.3, -0.25) is 0 Å². The van der Waals surface area contributed by atoms with Crippen LogP contribution in [-0.4, -0.2) is 25.5 Å². The van der Waals surface area contributed by atoms with Gasteiger partial charge < -0.3 is 4.74 Å². The van der Waals surface area contributed by atoms with Crippen molar-refractivity contribution in [1.29, 1.82) is 0 Å². The van der Waals surface area contributed by atoms with E-state index in [0.717, 1.165) is 21.8 Å². The molecule has 0 amide bonds. The van der Waals surface area contributed by atoms with E-state index in [2.05, 4.69) is 17.4 Å². The molecule has 0 bridgehead atoms. The lowest BCUT2D eigenvalue weighted by Crippen LogP contribution is -2.23. The monoisotopic (exact) mass is 390 g/mol. The molecule has 0 saturated carbocycles. The highest BCUT2D eigenvalue weighted by atomic mass is 35.5. The minimum atomic E-state index is -0.307. The molecule has 2 aromatic carbocycles. The quantitative estimate of drug-likeness (QED) is 0.601. The second kappa shape index (κ2) is 7.97. The second-order valence-electron chi connectivity index (χ2n) is 5.71.